The maximum absolute atomic E-state index is 11.8. The first-order chi connectivity index (χ1) is 15.0. The smallest absolute Gasteiger partial charge is 0.263 e. The molecule has 1 fully saturated rings. The number of hydrogen-bond donors (Lipinski definition) is 1. The number of carbonyl (C=O) groups excluding carboxylic acids is 1. The van der Waals surface area contributed by atoms with Gasteiger partial charge < -0.3 is 24.3 Å². The number of aryl methyl sites for hydroxylation is 1. The molecule has 0 radical (unpaired) electrons. The summed E-state index contributed by atoms with van der Waals surface area (Å²) in [5.74, 6) is 1.90. The van der Waals surface area contributed by atoms with E-state index < -0.39 is 0 Å². The van der Waals surface area contributed by atoms with E-state index in [9.17, 15) is 4.79 Å². The Bertz CT molecular complexity index is 961. The number of ether oxygens (including phenoxy) is 4. The third-order valence-corrected chi connectivity index (χ3v) is 5.34. The molecule has 0 spiro atoms. The largest absolute Gasteiger partial charge is 0.491 e. The van der Waals surface area contributed by atoms with Gasteiger partial charge in [-0.1, -0.05) is 42.2 Å². The summed E-state index contributed by atoms with van der Waals surface area (Å²) in [5, 5.41) is 2.61. The molecule has 0 atom stereocenters. The molecule has 8 heteroatoms. The highest BCUT2D eigenvalue weighted by atomic mass is 32.2. The van der Waals surface area contributed by atoms with E-state index in [1.165, 1.54) is 11.8 Å². The van der Waals surface area contributed by atoms with Gasteiger partial charge in [-0.3, -0.25) is 4.79 Å². The fraction of sp³-hybridized carbons (Fsp3) is 0.304. The number of thioether (sulfide) groups is 1. The zero-order valence-electron chi connectivity index (χ0n) is 17.5. The molecule has 0 saturated carbocycles. The summed E-state index contributed by atoms with van der Waals surface area (Å²) in [6.45, 7) is 6.21. The van der Waals surface area contributed by atoms with Gasteiger partial charge in [0.25, 0.3) is 5.91 Å². The zero-order chi connectivity index (χ0) is 22.1. The Morgan fingerprint density at radius 3 is 2.52 bits per heavy atom. The number of thiocarbonyl (C=S) groups is 1. The van der Waals surface area contributed by atoms with E-state index in [2.05, 4.69) is 5.32 Å². The Balaban J connectivity index is 1.45. The summed E-state index contributed by atoms with van der Waals surface area (Å²) >= 11 is 6.27. The quantitative estimate of drug-likeness (QED) is 0.304. The minimum Gasteiger partial charge on any atom is -0.491 e. The number of hydrogen-bond acceptors (Lipinski definition) is 7. The van der Waals surface area contributed by atoms with Crippen molar-refractivity contribution in [2.75, 3.05) is 33.0 Å². The van der Waals surface area contributed by atoms with Crippen LogP contribution in [0.2, 0.25) is 0 Å². The molecule has 0 bridgehead atoms. The van der Waals surface area contributed by atoms with Gasteiger partial charge in [0.05, 0.1) is 24.7 Å². The monoisotopic (exact) mass is 459 g/mol. The SMILES string of the molecule is CCOc1cc(/C=C2\SC(=S)NC2=O)ccc1OCCOCCOc1cccc(C)c1. The molecule has 1 saturated heterocycles. The van der Waals surface area contributed by atoms with Gasteiger partial charge in [-0.15, -0.1) is 0 Å². The summed E-state index contributed by atoms with van der Waals surface area (Å²) in [6, 6.07) is 13.5. The van der Waals surface area contributed by atoms with Crippen molar-refractivity contribution in [3.8, 4) is 17.2 Å². The van der Waals surface area contributed by atoms with Gasteiger partial charge in [0.1, 0.15) is 23.3 Å². The number of amides is 1. The van der Waals surface area contributed by atoms with Crippen LogP contribution in [-0.2, 0) is 9.53 Å². The topological polar surface area (TPSA) is 66.0 Å². The third kappa shape index (κ3) is 7.27. The molecule has 164 valence electrons. The van der Waals surface area contributed by atoms with Crippen molar-refractivity contribution in [2.45, 2.75) is 13.8 Å². The van der Waals surface area contributed by atoms with Crippen molar-refractivity contribution < 1.29 is 23.7 Å². The van der Waals surface area contributed by atoms with Crippen LogP contribution < -0.4 is 19.5 Å². The minimum atomic E-state index is -0.184. The van der Waals surface area contributed by atoms with E-state index in [1.54, 1.807) is 6.08 Å². The van der Waals surface area contributed by atoms with Crippen LogP contribution in [0.25, 0.3) is 6.08 Å². The molecule has 2 aromatic rings. The van der Waals surface area contributed by atoms with Gasteiger partial charge in [-0.2, -0.15) is 0 Å². The van der Waals surface area contributed by atoms with Crippen LogP contribution in [0.1, 0.15) is 18.1 Å². The molecule has 1 heterocycles. The van der Waals surface area contributed by atoms with Crippen molar-refractivity contribution in [1.82, 2.24) is 5.32 Å². The second-order valence-corrected chi connectivity index (χ2v) is 8.34. The lowest BCUT2D eigenvalue weighted by Gasteiger charge is -2.13. The molecule has 3 rings (SSSR count). The van der Waals surface area contributed by atoms with Crippen LogP contribution in [0.15, 0.2) is 47.4 Å². The summed E-state index contributed by atoms with van der Waals surface area (Å²) in [7, 11) is 0. The van der Waals surface area contributed by atoms with Crippen molar-refractivity contribution >= 4 is 40.3 Å². The Labute approximate surface area is 191 Å². The van der Waals surface area contributed by atoms with Gasteiger partial charge in [0.15, 0.2) is 11.5 Å². The standard InChI is InChI=1S/C23H25NO5S2/c1-3-27-20-14-17(15-21-22(25)24-23(30)31-21)7-8-19(20)29-12-10-26-9-11-28-18-6-4-5-16(2)13-18/h4-8,13-15H,3,9-12H2,1-2H3,(H,24,25,30)/b21-15-. The van der Waals surface area contributed by atoms with E-state index in [0.717, 1.165) is 16.9 Å². The number of benzene rings is 2. The van der Waals surface area contributed by atoms with Crippen LogP contribution in [0, 0.1) is 6.92 Å². The number of carbonyl (C=O) groups is 1. The van der Waals surface area contributed by atoms with Gasteiger partial charge >= 0.3 is 0 Å². The molecule has 0 unspecified atom stereocenters. The molecule has 2 aromatic carbocycles. The van der Waals surface area contributed by atoms with Crippen molar-refractivity contribution in [2.24, 2.45) is 0 Å². The molecule has 31 heavy (non-hydrogen) atoms. The highest BCUT2D eigenvalue weighted by Gasteiger charge is 2.22. The van der Waals surface area contributed by atoms with Crippen LogP contribution in [0.4, 0.5) is 0 Å². The number of rotatable bonds is 11. The minimum absolute atomic E-state index is 0.184. The van der Waals surface area contributed by atoms with E-state index in [4.69, 9.17) is 31.2 Å². The lowest BCUT2D eigenvalue weighted by atomic mass is 10.2. The maximum atomic E-state index is 11.8. The first-order valence-electron chi connectivity index (χ1n) is 9.97. The fourth-order valence-corrected chi connectivity index (χ4v) is 3.85. The Kier molecular flexibility index (Phi) is 8.75. The zero-order valence-corrected chi connectivity index (χ0v) is 19.1. The van der Waals surface area contributed by atoms with Gasteiger partial charge in [-0.05, 0) is 55.3 Å². The molecule has 0 aromatic heterocycles. The van der Waals surface area contributed by atoms with Crippen LogP contribution >= 0.6 is 24.0 Å². The average Bonchev–Trinajstić information content (AvgIpc) is 3.05. The van der Waals surface area contributed by atoms with Gasteiger partial charge in [0, 0.05) is 0 Å². The van der Waals surface area contributed by atoms with E-state index >= 15 is 0 Å². The highest BCUT2D eigenvalue weighted by Crippen LogP contribution is 2.31. The highest BCUT2D eigenvalue weighted by molar-refractivity contribution is 8.26. The first kappa shape index (κ1) is 23.1. The number of nitrogens with one attached hydrogen (secondary N) is 1. The summed E-state index contributed by atoms with van der Waals surface area (Å²) in [5.41, 5.74) is 2.00. The molecular formula is C23H25NO5S2. The molecule has 1 aliphatic heterocycles. The lowest BCUT2D eigenvalue weighted by molar-refractivity contribution is -0.115. The van der Waals surface area contributed by atoms with Crippen molar-refractivity contribution in [3.05, 3.63) is 58.5 Å². The van der Waals surface area contributed by atoms with Crippen molar-refractivity contribution in [3.63, 3.8) is 0 Å². The summed E-state index contributed by atoms with van der Waals surface area (Å²) in [6.07, 6.45) is 1.78. The van der Waals surface area contributed by atoms with Gasteiger partial charge in [-0.25, -0.2) is 0 Å². The van der Waals surface area contributed by atoms with Crippen molar-refractivity contribution in [1.29, 1.82) is 0 Å². The Morgan fingerprint density at radius 1 is 1.00 bits per heavy atom. The lowest BCUT2D eigenvalue weighted by Crippen LogP contribution is -2.17. The first-order valence-corrected chi connectivity index (χ1v) is 11.2. The summed E-state index contributed by atoms with van der Waals surface area (Å²) < 4.78 is 23.2. The second kappa shape index (κ2) is 11.7. The van der Waals surface area contributed by atoms with Crippen LogP contribution in [0.5, 0.6) is 17.2 Å². The predicted octanol–water partition coefficient (Wildman–Crippen LogP) is 4.36. The maximum Gasteiger partial charge on any atom is 0.263 e. The normalized spacial score (nSPS) is 14.6. The second-order valence-electron chi connectivity index (χ2n) is 6.62. The predicted molar refractivity (Wildman–Crippen MR) is 127 cm³/mol. The van der Waals surface area contributed by atoms with Crippen LogP contribution in [-0.4, -0.2) is 43.3 Å². The summed E-state index contributed by atoms with van der Waals surface area (Å²) in [4.78, 5) is 12.4. The molecule has 6 nitrogen and oxygen atoms in total. The van der Waals surface area contributed by atoms with Gasteiger partial charge in [0.2, 0.25) is 0 Å². The van der Waals surface area contributed by atoms with E-state index in [0.29, 0.717) is 53.8 Å². The molecule has 1 amide bonds. The Hall–Kier alpha value is -2.55. The van der Waals surface area contributed by atoms with E-state index in [-0.39, 0.29) is 5.91 Å². The molecular weight excluding hydrogens is 434 g/mol. The molecule has 1 aliphatic rings. The average molecular weight is 460 g/mol. The molecule has 0 aliphatic carbocycles. The van der Waals surface area contributed by atoms with E-state index in [1.807, 2.05) is 56.3 Å². The third-order valence-electron chi connectivity index (χ3n) is 4.18. The fourth-order valence-electron chi connectivity index (χ4n) is 2.81. The molecule has 1 N–H and O–H groups in total. The van der Waals surface area contributed by atoms with Crippen LogP contribution in [0.3, 0.4) is 0 Å². The Morgan fingerprint density at radius 2 is 1.81 bits per heavy atom.